The molecule has 0 amide bonds. The van der Waals surface area contributed by atoms with Crippen molar-refractivity contribution in [1.29, 1.82) is 0 Å². The minimum atomic E-state index is -1.95. The van der Waals surface area contributed by atoms with Gasteiger partial charge in [-0.15, -0.1) is 0 Å². The Kier molecular flexibility index (Phi) is 4.13. The van der Waals surface area contributed by atoms with Crippen LogP contribution in [0.5, 0.6) is 0 Å². The first-order valence-electron chi connectivity index (χ1n) is 9.54. The van der Waals surface area contributed by atoms with Crippen LogP contribution in [0.3, 0.4) is 0 Å². The summed E-state index contributed by atoms with van der Waals surface area (Å²) >= 11 is 6.65. The highest BCUT2D eigenvalue weighted by Gasteiger charge is 2.46. The van der Waals surface area contributed by atoms with E-state index in [1.54, 1.807) is 22.2 Å². The van der Waals surface area contributed by atoms with Crippen molar-refractivity contribution in [3.63, 3.8) is 0 Å². The Bertz CT molecular complexity index is 795. The highest BCUT2D eigenvalue weighted by atomic mass is 32.4. The Morgan fingerprint density at radius 2 is 1.60 bits per heavy atom. The van der Waals surface area contributed by atoms with E-state index in [4.69, 9.17) is 16.5 Å². The first-order chi connectivity index (χ1) is 12.3. The number of para-hydroxylation sites is 1. The van der Waals surface area contributed by atoms with Crippen molar-refractivity contribution in [3.05, 3.63) is 52.5 Å². The molecule has 2 aliphatic carbocycles. The second-order valence-corrected chi connectivity index (χ2v) is 11.4. The normalized spacial score (nSPS) is 30.0. The lowest BCUT2D eigenvalue weighted by Crippen LogP contribution is -2.40. The molecule has 1 fully saturated rings. The fourth-order valence-corrected chi connectivity index (χ4v) is 10.2. The highest BCUT2D eigenvalue weighted by Crippen LogP contribution is 2.71. The smallest absolute Gasteiger partial charge is 0.130 e. The second-order valence-electron chi connectivity index (χ2n) is 7.32. The molecule has 25 heavy (non-hydrogen) atoms. The summed E-state index contributed by atoms with van der Waals surface area (Å²) in [7, 11) is 0. The van der Waals surface area contributed by atoms with Gasteiger partial charge in [0.1, 0.15) is 6.34 Å². The molecule has 0 N–H and O–H groups in total. The maximum atomic E-state index is 6.65. The van der Waals surface area contributed by atoms with E-state index in [9.17, 15) is 0 Å². The fraction of sp³-hybridized carbons (Fsp3) is 0.500. The second kappa shape index (κ2) is 6.35. The summed E-state index contributed by atoms with van der Waals surface area (Å²) < 4.78 is 10.9. The number of morpholine rings is 1. The Labute approximate surface area is 155 Å². The maximum absolute atomic E-state index is 6.65. The van der Waals surface area contributed by atoms with E-state index in [0.717, 1.165) is 26.3 Å². The molecule has 1 saturated heterocycles. The van der Waals surface area contributed by atoms with Crippen molar-refractivity contribution in [2.24, 2.45) is 0 Å². The minimum Gasteiger partial charge on any atom is -0.379 e. The zero-order chi connectivity index (χ0) is 16.9. The van der Waals surface area contributed by atoms with Gasteiger partial charge in [-0.3, -0.25) is 4.67 Å². The summed E-state index contributed by atoms with van der Waals surface area (Å²) in [5.41, 5.74) is 6.14. The van der Waals surface area contributed by atoms with E-state index in [2.05, 4.69) is 39.7 Å². The monoisotopic (exact) mass is 372 g/mol. The lowest BCUT2D eigenvalue weighted by molar-refractivity contribution is 0.0747. The first kappa shape index (κ1) is 16.3. The van der Waals surface area contributed by atoms with Crippen molar-refractivity contribution >= 4 is 23.8 Å². The van der Waals surface area contributed by atoms with Gasteiger partial charge >= 0.3 is 0 Å². The number of hydrogen-bond donors (Lipinski definition) is 0. The Hall–Kier alpha value is -0.930. The molecule has 5 heteroatoms. The van der Waals surface area contributed by atoms with Crippen LogP contribution in [0.1, 0.15) is 38.5 Å². The van der Waals surface area contributed by atoms with Gasteiger partial charge in [-0.05, 0) is 67.1 Å². The number of fused-ring (bicyclic) bond motifs is 1. The molecule has 1 aromatic carbocycles. The van der Waals surface area contributed by atoms with Crippen LogP contribution >= 0.6 is 6.34 Å². The van der Waals surface area contributed by atoms with Gasteiger partial charge < -0.3 is 9.41 Å². The van der Waals surface area contributed by atoms with Crippen molar-refractivity contribution in [1.82, 2.24) is 4.67 Å². The third-order valence-corrected chi connectivity index (χ3v) is 11.2. The van der Waals surface area contributed by atoms with Crippen LogP contribution in [-0.2, 0) is 16.5 Å². The average Bonchev–Trinajstić information content (AvgIpc) is 3.33. The first-order valence-corrected chi connectivity index (χ1v) is 12.2. The lowest BCUT2D eigenvalue weighted by Gasteiger charge is -2.49. The fourth-order valence-electron chi connectivity index (χ4n) is 4.95. The van der Waals surface area contributed by atoms with E-state index in [1.165, 1.54) is 44.2 Å². The van der Waals surface area contributed by atoms with E-state index >= 15 is 0 Å². The quantitative estimate of drug-likeness (QED) is 0.677. The van der Waals surface area contributed by atoms with Gasteiger partial charge in [0.05, 0.1) is 13.2 Å². The number of allylic oxidation sites excluding steroid dienone is 4. The summed E-state index contributed by atoms with van der Waals surface area (Å²) in [6.45, 7) is 3.57. The van der Waals surface area contributed by atoms with Gasteiger partial charge in [-0.1, -0.05) is 30.0 Å². The maximum Gasteiger partial charge on any atom is 0.130 e. The van der Waals surface area contributed by atoms with Crippen LogP contribution in [0.15, 0.2) is 52.5 Å². The van der Waals surface area contributed by atoms with E-state index in [0.29, 0.717) is 0 Å². The van der Waals surface area contributed by atoms with Crippen LogP contribution in [0.2, 0.25) is 0 Å². The van der Waals surface area contributed by atoms with E-state index < -0.39 is 6.34 Å². The Morgan fingerprint density at radius 3 is 2.40 bits per heavy atom. The van der Waals surface area contributed by atoms with E-state index in [1.807, 2.05) is 0 Å². The third-order valence-electron chi connectivity index (χ3n) is 5.99. The molecule has 2 heterocycles. The van der Waals surface area contributed by atoms with Crippen LogP contribution in [0.25, 0.3) is 0 Å². The molecule has 4 aliphatic rings. The van der Waals surface area contributed by atoms with E-state index in [-0.39, 0.29) is 0 Å². The van der Waals surface area contributed by atoms with Crippen LogP contribution in [0, 0.1) is 0 Å². The molecule has 2 aliphatic heterocycles. The Morgan fingerprint density at radius 1 is 0.880 bits per heavy atom. The van der Waals surface area contributed by atoms with Gasteiger partial charge in [0.25, 0.3) is 0 Å². The molecular weight excluding hydrogens is 347 g/mol. The number of nitrogens with zero attached hydrogens (tertiary/aromatic N) is 2. The predicted octanol–water partition coefficient (Wildman–Crippen LogP) is 5.02. The number of hydrogen-bond acceptors (Lipinski definition) is 2. The summed E-state index contributed by atoms with van der Waals surface area (Å²) in [5.74, 6) is 0. The molecule has 0 radical (unpaired) electrons. The lowest BCUT2D eigenvalue weighted by atomic mass is 10.0. The number of rotatable bonds is 2. The van der Waals surface area contributed by atoms with Crippen molar-refractivity contribution in [2.75, 3.05) is 31.0 Å². The average molecular weight is 372 g/mol. The summed E-state index contributed by atoms with van der Waals surface area (Å²) in [4.78, 5) is 0. The van der Waals surface area contributed by atoms with Crippen molar-refractivity contribution in [2.45, 2.75) is 38.5 Å². The number of anilines is 1. The third kappa shape index (κ3) is 2.42. The van der Waals surface area contributed by atoms with Gasteiger partial charge in [-0.2, -0.15) is 0 Å². The minimum absolute atomic E-state index is 0.815. The van der Waals surface area contributed by atoms with Gasteiger partial charge in [0.2, 0.25) is 0 Å². The largest absolute Gasteiger partial charge is 0.379 e. The molecule has 3 nitrogen and oxygen atoms in total. The molecule has 132 valence electrons. The molecule has 1 aromatic rings. The van der Waals surface area contributed by atoms with Crippen LogP contribution in [-0.4, -0.2) is 31.0 Å². The number of ether oxygens (including phenoxy) is 1. The summed E-state index contributed by atoms with van der Waals surface area (Å²) in [5, 5.41) is 1.62. The standard InChI is InChI=1S/C20H25N2OPS/c25-24(21-12-14-23-15-13-21)20-11-5-9-18(20)17-8-4-10-19(17)22(24)16-6-2-1-3-7-16/h1-3,6-7H,4-5,8-15H2. The highest BCUT2D eigenvalue weighted by molar-refractivity contribution is 8.16. The molecule has 1 unspecified atom stereocenters. The zero-order valence-corrected chi connectivity index (χ0v) is 16.3. The van der Waals surface area contributed by atoms with Gasteiger partial charge in [-0.25, -0.2) is 0 Å². The predicted molar refractivity (Wildman–Crippen MR) is 107 cm³/mol. The molecule has 0 spiro atoms. The summed E-state index contributed by atoms with van der Waals surface area (Å²) in [6, 6.07) is 10.9. The molecule has 0 bridgehead atoms. The van der Waals surface area contributed by atoms with Crippen LogP contribution in [0.4, 0.5) is 5.69 Å². The summed E-state index contributed by atoms with van der Waals surface area (Å²) in [6.07, 6.45) is 5.49. The van der Waals surface area contributed by atoms with Gasteiger partial charge in [0, 0.05) is 24.5 Å². The van der Waals surface area contributed by atoms with Crippen molar-refractivity contribution in [3.8, 4) is 0 Å². The van der Waals surface area contributed by atoms with Gasteiger partial charge in [0.15, 0.2) is 0 Å². The Balaban J connectivity index is 1.71. The number of benzene rings is 1. The molecular formula is C20H25N2OPS. The molecule has 5 rings (SSSR count). The van der Waals surface area contributed by atoms with Crippen molar-refractivity contribution < 1.29 is 4.74 Å². The molecule has 0 saturated carbocycles. The topological polar surface area (TPSA) is 15.7 Å². The molecule has 0 aromatic heterocycles. The van der Waals surface area contributed by atoms with Crippen LogP contribution < -0.4 is 4.67 Å². The SMILES string of the molecule is S=P1(N2CCOCC2)C2=C(CCC2)C2=C(CCC2)N1c1ccccc1. The zero-order valence-electron chi connectivity index (χ0n) is 14.6. The molecule has 1 atom stereocenters.